The fraction of sp³-hybridized carbons (Fsp3) is 0.353. The van der Waals surface area contributed by atoms with Crippen LogP contribution in [0.5, 0.6) is 0 Å². The molecule has 1 heterocycles. The summed E-state index contributed by atoms with van der Waals surface area (Å²) in [5.41, 5.74) is 0.951. The number of hydrogen-bond acceptors (Lipinski definition) is 5. The van der Waals surface area contributed by atoms with Crippen LogP contribution in [0.2, 0.25) is 0 Å². The second kappa shape index (κ2) is 7.58. The van der Waals surface area contributed by atoms with Crippen LogP contribution < -0.4 is 5.32 Å². The summed E-state index contributed by atoms with van der Waals surface area (Å²) in [7, 11) is 1.30. The molecule has 0 saturated carbocycles. The van der Waals surface area contributed by atoms with Gasteiger partial charge in [-0.05, 0) is 12.3 Å². The molecule has 0 bridgehead atoms. The van der Waals surface area contributed by atoms with Crippen LogP contribution in [-0.4, -0.2) is 30.2 Å². The molecule has 2 aromatic rings. The number of aromatic nitrogens is 1. The number of ether oxygens (including phenoxy) is 1. The van der Waals surface area contributed by atoms with E-state index in [0.29, 0.717) is 12.2 Å². The van der Waals surface area contributed by atoms with Gasteiger partial charge in [0, 0.05) is 11.6 Å². The van der Waals surface area contributed by atoms with E-state index in [2.05, 4.69) is 10.5 Å². The first kappa shape index (κ1) is 16.7. The lowest BCUT2D eigenvalue weighted by Gasteiger charge is -2.17. The van der Waals surface area contributed by atoms with Crippen molar-refractivity contribution in [2.45, 2.75) is 26.3 Å². The van der Waals surface area contributed by atoms with E-state index in [1.807, 2.05) is 44.2 Å². The molecule has 0 aliphatic carbocycles. The SMILES string of the molecule is COC(=O)[C@H](CC(C)C)NC(=O)c1cc(-c2ccccc2)on1. The first-order valence-corrected chi connectivity index (χ1v) is 7.42. The highest BCUT2D eigenvalue weighted by Gasteiger charge is 2.24. The smallest absolute Gasteiger partial charge is 0.328 e. The highest BCUT2D eigenvalue weighted by Crippen LogP contribution is 2.19. The predicted molar refractivity (Wildman–Crippen MR) is 84.7 cm³/mol. The van der Waals surface area contributed by atoms with E-state index in [9.17, 15) is 9.59 Å². The minimum absolute atomic E-state index is 0.126. The Bertz CT molecular complexity index is 664. The van der Waals surface area contributed by atoms with Crippen molar-refractivity contribution in [1.82, 2.24) is 10.5 Å². The Morgan fingerprint density at radius 2 is 1.96 bits per heavy atom. The molecule has 23 heavy (non-hydrogen) atoms. The zero-order chi connectivity index (χ0) is 16.8. The summed E-state index contributed by atoms with van der Waals surface area (Å²) in [6.07, 6.45) is 0.488. The second-order valence-electron chi connectivity index (χ2n) is 5.62. The minimum Gasteiger partial charge on any atom is -0.467 e. The van der Waals surface area contributed by atoms with Crippen molar-refractivity contribution in [3.8, 4) is 11.3 Å². The molecule has 0 unspecified atom stereocenters. The van der Waals surface area contributed by atoms with Crippen LogP contribution in [0.4, 0.5) is 0 Å². The molecule has 1 atom stereocenters. The maximum atomic E-state index is 12.3. The molecule has 1 aromatic carbocycles. The summed E-state index contributed by atoms with van der Waals surface area (Å²) in [5.74, 6) is -0.211. The van der Waals surface area contributed by atoms with Crippen molar-refractivity contribution in [2.24, 2.45) is 5.92 Å². The molecule has 1 N–H and O–H groups in total. The Morgan fingerprint density at radius 3 is 2.57 bits per heavy atom. The van der Waals surface area contributed by atoms with Crippen LogP contribution in [0.1, 0.15) is 30.8 Å². The second-order valence-corrected chi connectivity index (χ2v) is 5.62. The first-order valence-electron chi connectivity index (χ1n) is 7.42. The molecule has 0 fully saturated rings. The quantitative estimate of drug-likeness (QED) is 0.829. The minimum atomic E-state index is -0.704. The van der Waals surface area contributed by atoms with Gasteiger partial charge in [0.2, 0.25) is 0 Å². The van der Waals surface area contributed by atoms with Gasteiger partial charge in [-0.15, -0.1) is 0 Å². The Kier molecular flexibility index (Phi) is 5.51. The number of hydrogen-bond donors (Lipinski definition) is 1. The lowest BCUT2D eigenvalue weighted by molar-refractivity contribution is -0.143. The molecule has 6 heteroatoms. The van der Waals surface area contributed by atoms with Gasteiger partial charge in [0.05, 0.1) is 7.11 Å². The van der Waals surface area contributed by atoms with Crippen LogP contribution in [0.15, 0.2) is 40.9 Å². The van der Waals surface area contributed by atoms with Crippen molar-refractivity contribution in [3.05, 3.63) is 42.1 Å². The largest absolute Gasteiger partial charge is 0.467 e. The van der Waals surface area contributed by atoms with E-state index in [4.69, 9.17) is 9.26 Å². The molecule has 1 amide bonds. The Hall–Kier alpha value is -2.63. The zero-order valence-corrected chi connectivity index (χ0v) is 13.4. The van der Waals surface area contributed by atoms with Crippen molar-refractivity contribution < 1.29 is 18.8 Å². The summed E-state index contributed by atoms with van der Waals surface area (Å²) < 4.78 is 9.92. The third-order valence-electron chi connectivity index (χ3n) is 3.30. The standard InChI is InChI=1S/C17H20N2O4/c1-11(2)9-14(17(21)22-3)18-16(20)13-10-15(23-19-13)12-7-5-4-6-8-12/h4-8,10-11,14H,9H2,1-3H3,(H,18,20)/t14-/m0/s1. The number of methoxy groups -OCH3 is 1. The van der Waals surface area contributed by atoms with Crippen LogP contribution >= 0.6 is 0 Å². The molecule has 0 radical (unpaired) electrons. The molecular weight excluding hydrogens is 296 g/mol. The van der Waals surface area contributed by atoms with Gasteiger partial charge in [-0.25, -0.2) is 4.79 Å². The van der Waals surface area contributed by atoms with E-state index in [1.54, 1.807) is 6.07 Å². The molecular formula is C17H20N2O4. The van der Waals surface area contributed by atoms with Crippen LogP contribution in [-0.2, 0) is 9.53 Å². The molecule has 122 valence electrons. The van der Waals surface area contributed by atoms with Gasteiger partial charge in [-0.3, -0.25) is 4.79 Å². The van der Waals surface area contributed by atoms with E-state index in [-0.39, 0.29) is 11.6 Å². The average Bonchev–Trinajstić information content (AvgIpc) is 3.04. The summed E-state index contributed by atoms with van der Waals surface area (Å²) in [4.78, 5) is 24.0. The van der Waals surface area contributed by atoms with Crippen molar-refractivity contribution >= 4 is 11.9 Å². The van der Waals surface area contributed by atoms with Gasteiger partial charge >= 0.3 is 5.97 Å². The van der Waals surface area contributed by atoms with Crippen LogP contribution in [0.3, 0.4) is 0 Å². The van der Waals surface area contributed by atoms with Gasteiger partial charge in [-0.1, -0.05) is 49.3 Å². The Balaban J connectivity index is 2.11. The summed E-state index contributed by atoms with van der Waals surface area (Å²) in [6.45, 7) is 3.93. The molecule has 1 aromatic heterocycles. The van der Waals surface area contributed by atoms with Crippen molar-refractivity contribution in [3.63, 3.8) is 0 Å². The van der Waals surface area contributed by atoms with E-state index in [0.717, 1.165) is 5.56 Å². The summed E-state index contributed by atoms with van der Waals surface area (Å²) in [5, 5.41) is 6.41. The molecule has 2 rings (SSSR count). The average molecular weight is 316 g/mol. The number of carbonyl (C=O) groups is 2. The predicted octanol–water partition coefficient (Wildman–Crippen LogP) is 2.66. The van der Waals surface area contributed by atoms with Gasteiger partial charge in [0.15, 0.2) is 11.5 Å². The lowest BCUT2D eigenvalue weighted by Crippen LogP contribution is -2.42. The van der Waals surface area contributed by atoms with E-state index >= 15 is 0 Å². The van der Waals surface area contributed by atoms with Crippen molar-refractivity contribution in [1.29, 1.82) is 0 Å². The number of nitrogens with one attached hydrogen (secondary N) is 1. The van der Waals surface area contributed by atoms with Crippen LogP contribution in [0.25, 0.3) is 11.3 Å². The fourth-order valence-electron chi connectivity index (χ4n) is 2.18. The molecule has 0 spiro atoms. The third-order valence-corrected chi connectivity index (χ3v) is 3.30. The number of benzene rings is 1. The summed E-state index contributed by atoms with van der Waals surface area (Å²) >= 11 is 0. The van der Waals surface area contributed by atoms with E-state index in [1.165, 1.54) is 7.11 Å². The topological polar surface area (TPSA) is 81.4 Å². The summed E-state index contributed by atoms with van der Waals surface area (Å²) in [6, 6.07) is 10.2. The molecule has 0 aliphatic heterocycles. The fourth-order valence-corrected chi connectivity index (χ4v) is 2.18. The normalized spacial score (nSPS) is 12.0. The molecule has 6 nitrogen and oxygen atoms in total. The maximum Gasteiger partial charge on any atom is 0.328 e. The van der Waals surface area contributed by atoms with Gasteiger partial charge in [-0.2, -0.15) is 0 Å². The monoisotopic (exact) mass is 316 g/mol. The maximum absolute atomic E-state index is 12.3. The highest BCUT2D eigenvalue weighted by molar-refractivity contribution is 5.95. The number of nitrogens with zero attached hydrogens (tertiary/aromatic N) is 1. The van der Waals surface area contributed by atoms with Gasteiger partial charge in [0.25, 0.3) is 5.91 Å². The first-order chi connectivity index (χ1) is 11.0. The molecule has 0 saturated heterocycles. The number of amides is 1. The zero-order valence-electron chi connectivity index (χ0n) is 13.4. The van der Waals surface area contributed by atoms with Gasteiger partial charge in [0.1, 0.15) is 6.04 Å². The third kappa shape index (κ3) is 4.42. The van der Waals surface area contributed by atoms with Crippen LogP contribution in [0, 0.1) is 5.92 Å². The number of carbonyl (C=O) groups excluding carboxylic acids is 2. The van der Waals surface area contributed by atoms with E-state index < -0.39 is 17.9 Å². The van der Waals surface area contributed by atoms with Crippen molar-refractivity contribution in [2.75, 3.05) is 7.11 Å². The molecule has 0 aliphatic rings. The lowest BCUT2D eigenvalue weighted by atomic mass is 10.0. The number of esters is 1. The number of rotatable bonds is 6. The highest BCUT2D eigenvalue weighted by atomic mass is 16.5. The Morgan fingerprint density at radius 1 is 1.26 bits per heavy atom. The Labute approximate surface area is 134 Å². The van der Waals surface area contributed by atoms with Gasteiger partial charge < -0.3 is 14.6 Å².